The quantitative estimate of drug-likeness (QED) is 0.868. The second kappa shape index (κ2) is 7.25. The molecule has 0 fully saturated rings. The largest absolute Gasteiger partial charge is 0.325 e. The molecule has 2 aromatic rings. The molecule has 0 aromatic heterocycles. The zero-order valence-electron chi connectivity index (χ0n) is 13.3. The van der Waals surface area contributed by atoms with Crippen LogP contribution in [0.15, 0.2) is 47.4 Å². The van der Waals surface area contributed by atoms with Gasteiger partial charge in [-0.25, -0.2) is 13.1 Å². The maximum atomic E-state index is 12.2. The van der Waals surface area contributed by atoms with Gasteiger partial charge in [-0.15, -0.1) is 0 Å². The van der Waals surface area contributed by atoms with E-state index in [9.17, 15) is 13.2 Å². The average Bonchev–Trinajstić information content (AvgIpc) is 2.57. The lowest BCUT2D eigenvalue weighted by molar-refractivity contribution is -0.115. The highest BCUT2D eigenvalue weighted by atomic mass is 32.2. The molecular weight excluding hydrogens is 326 g/mol. The number of nitriles is 1. The van der Waals surface area contributed by atoms with Gasteiger partial charge in [0, 0.05) is 5.69 Å². The molecule has 0 aliphatic carbocycles. The molecule has 2 rings (SSSR count). The normalized spacial score (nSPS) is 10.9. The van der Waals surface area contributed by atoms with Crippen LogP contribution in [0.1, 0.15) is 16.7 Å². The lowest BCUT2D eigenvalue weighted by atomic mass is 10.1. The van der Waals surface area contributed by atoms with Gasteiger partial charge < -0.3 is 5.32 Å². The smallest absolute Gasteiger partial charge is 0.242 e. The van der Waals surface area contributed by atoms with E-state index in [0.29, 0.717) is 5.69 Å². The number of amides is 1. The Morgan fingerprint density at radius 2 is 1.83 bits per heavy atom. The first-order chi connectivity index (χ1) is 11.3. The first kappa shape index (κ1) is 17.7. The molecule has 0 spiro atoms. The number of sulfonamides is 1. The standard InChI is InChI=1S/C17H17N3O3S/c1-12-6-5-8-15(13(12)2)20-17(21)11-19-24(22,23)16-9-4-3-7-14(16)10-18/h3-9,19H,11H2,1-2H3,(H,20,21). The van der Waals surface area contributed by atoms with Crippen molar-refractivity contribution in [3.63, 3.8) is 0 Å². The number of anilines is 1. The van der Waals surface area contributed by atoms with Crippen molar-refractivity contribution in [1.82, 2.24) is 4.72 Å². The highest BCUT2D eigenvalue weighted by Crippen LogP contribution is 2.18. The minimum Gasteiger partial charge on any atom is -0.325 e. The van der Waals surface area contributed by atoms with E-state index >= 15 is 0 Å². The second-order valence-corrected chi connectivity index (χ2v) is 6.96. The van der Waals surface area contributed by atoms with Gasteiger partial charge in [-0.3, -0.25) is 4.79 Å². The minimum absolute atomic E-state index is 0.0277. The number of rotatable bonds is 5. The number of carbonyl (C=O) groups excluding carboxylic acids is 1. The van der Waals surface area contributed by atoms with Gasteiger partial charge in [0.1, 0.15) is 6.07 Å². The fraction of sp³-hybridized carbons (Fsp3) is 0.176. The van der Waals surface area contributed by atoms with Crippen LogP contribution in [-0.2, 0) is 14.8 Å². The second-order valence-electron chi connectivity index (χ2n) is 5.23. The molecule has 0 heterocycles. The van der Waals surface area contributed by atoms with Gasteiger partial charge in [0.2, 0.25) is 15.9 Å². The van der Waals surface area contributed by atoms with Crippen molar-refractivity contribution in [3.8, 4) is 6.07 Å². The maximum Gasteiger partial charge on any atom is 0.242 e. The van der Waals surface area contributed by atoms with E-state index in [1.807, 2.05) is 32.0 Å². The third-order valence-electron chi connectivity index (χ3n) is 3.60. The summed E-state index contributed by atoms with van der Waals surface area (Å²) >= 11 is 0. The van der Waals surface area contributed by atoms with Gasteiger partial charge in [0.05, 0.1) is 17.0 Å². The fourth-order valence-electron chi connectivity index (χ4n) is 2.11. The summed E-state index contributed by atoms with van der Waals surface area (Å²) < 4.78 is 26.7. The van der Waals surface area contributed by atoms with Crippen LogP contribution in [0.25, 0.3) is 0 Å². The van der Waals surface area contributed by atoms with Crippen LogP contribution in [0.5, 0.6) is 0 Å². The molecule has 0 radical (unpaired) electrons. The summed E-state index contributed by atoms with van der Waals surface area (Å²) in [4.78, 5) is 11.9. The number of hydrogen-bond donors (Lipinski definition) is 2. The molecule has 6 nitrogen and oxygen atoms in total. The summed E-state index contributed by atoms with van der Waals surface area (Å²) in [5.74, 6) is -0.485. The van der Waals surface area contributed by atoms with Gasteiger partial charge in [-0.2, -0.15) is 5.26 Å². The van der Waals surface area contributed by atoms with Crippen LogP contribution in [0.4, 0.5) is 5.69 Å². The monoisotopic (exact) mass is 343 g/mol. The lowest BCUT2D eigenvalue weighted by Crippen LogP contribution is -2.33. The average molecular weight is 343 g/mol. The summed E-state index contributed by atoms with van der Waals surface area (Å²) in [6, 6.07) is 13.1. The zero-order chi connectivity index (χ0) is 17.7. The Hall–Kier alpha value is -2.69. The minimum atomic E-state index is -3.94. The molecule has 2 N–H and O–H groups in total. The number of nitrogens with zero attached hydrogens (tertiary/aromatic N) is 1. The molecule has 7 heteroatoms. The molecule has 0 unspecified atom stereocenters. The first-order valence-corrected chi connectivity index (χ1v) is 8.68. The Kier molecular flexibility index (Phi) is 5.34. The van der Waals surface area contributed by atoms with Crippen LogP contribution < -0.4 is 10.0 Å². The van der Waals surface area contributed by atoms with Crippen LogP contribution >= 0.6 is 0 Å². The van der Waals surface area contributed by atoms with Crippen LogP contribution in [0.2, 0.25) is 0 Å². The van der Waals surface area contributed by atoms with E-state index in [0.717, 1.165) is 11.1 Å². The number of nitrogens with one attached hydrogen (secondary N) is 2. The van der Waals surface area contributed by atoms with E-state index in [2.05, 4.69) is 10.0 Å². The maximum absolute atomic E-state index is 12.2. The van der Waals surface area contributed by atoms with E-state index in [1.165, 1.54) is 18.2 Å². The Balaban J connectivity index is 2.08. The van der Waals surface area contributed by atoms with Gasteiger partial charge in [0.15, 0.2) is 0 Å². The molecular formula is C17H17N3O3S. The molecule has 0 saturated carbocycles. The lowest BCUT2D eigenvalue weighted by Gasteiger charge is -2.11. The highest BCUT2D eigenvalue weighted by molar-refractivity contribution is 7.89. The van der Waals surface area contributed by atoms with Crippen molar-refractivity contribution >= 4 is 21.6 Å². The van der Waals surface area contributed by atoms with Crippen LogP contribution in [0, 0.1) is 25.2 Å². The van der Waals surface area contributed by atoms with E-state index < -0.39 is 22.5 Å². The summed E-state index contributed by atoms with van der Waals surface area (Å²) in [6.45, 7) is 3.38. The number of benzene rings is 2. The molecule has 124 valence electrons. The SMILES string of the molecule is Cc1cccc(NC(=O)CNS(=O)(=O)c2ccccc2C#N)c1C. The van der Waals surface area contributed by atoms with Crippen LogP contribution in [0.3, 0.4) is 0 Å². The van der Waals surface area contributed by atoms with Gasteiger partial charge in [0.25, 0.3) is 0 Å². The number of aryl methyl sites for hydroxylation is 1. The Morgan fingerprint density at radius 1 is 1.12 bits per heavy atom. The number of carbonyl (C=O) groups is 1. The van der Waals surface area contributed by atoms with Crippen molar-refractivity contribution in [2.24, 2.45) is 0 Å². The molecule has 0 atom stereocenters. The Bertz CT molecular complexity index is 915. The van der Waals surface area contributed by atoms with Crippen molar-refractivity contribution < 1.29 is 13.2 Å². The zero-order valence-corrected chi connectivity index (χ0v) is 14.1. The number of hydrogen-bond acceptors (Lipinski definition) is 4. The molecule has 24 heavy (non-hydrogen) atoms. The van der Waals surface area contributed by atoms with E-state index in [1.54, 1.807) is 12.1 Å². The molecule has 0 aliphatic heterocycles. The molecule has 2 aromatic carbocycles. The molecule has 0 aliphatic rings. The van der Waals surface area contributed by atoms with Crippen molar-refractivity contribution in [2.75, 3.05) is 11.9 Å². The third-order valence-corrected chi connectivity index (χ3v) is 5.06. The summed E-state index contributed by atoms with van der Waals surface area (Å²) in [6.07, 6.45) is 0. The van der Waals surface area contributed by atoms with Gasteiger partial charge in [-0.1, -0.05) is 24.3 Å². The molecule has 0 saturated heterocycles. The summed E-state index contributed by atoms with van der Waals surface area (Å²) in [7, 11) is -3.94. The first-order valence-electron chi connectivity index (χ1n) is 7.20. The molecule has 0 bridgehead atoms. The summed E-state index contributed by atoms with van der Waals surface area (Å²) in [5.41, 5.74) is 2.61. The Morgan fingerprint density at radius 3 is 2.54 bits per heavy atom. The topological polar surface area (TPSA) is 99.1 Å². The summed E-state index contributed by atoms with van der Waals surface area (Å²) in [5, 5.41) is 11.7. The van der Waals surface area contributed by atoms with Gasteiger partial charge >= 0.3 is 0 Å². The highest BCUT2D eigenvalue weighted by Gasteiger charge is 2.19. The molecule has 1 amide bonds. The Labute approximate surface area is 141 Å². The van der Waals surface area contributed by atoms with Crippen molar-refractivity contribution in [2.45, 2.75) is 18.7 Å². The fourth-order valence-corrected chi connectivity index (χ4v) is 3.25. The van der Waals surface area contributed by atoms with E-state index in [-0.39, 0.29) is 10.5 Å². The van der Waals surface area contributed by atoms with E-state index in [4.69, 9.17) is 5.26 Å². The van der Waals surface area contributed by atoms with Crippen LogP contribution in [-0.4, -0.2) is 20.9 Å². The predicted octanol–water partition coefficient (Wildman–Crippen LogP) is 2.09. The van der Waals surface area contributed by atoms with Gasteiger partial charge in [-0.05, 0) is 43.2 Å². The van der Waals surface area contributed by atoms with Crippen molar-refractivity contribution in [1.29, 1.82) is 5.26 Å². The third kappa shape index (κ3) is 3.98. The van der Waals surface area contributed by atoms with Crippen molar-refractivity contribution in [3.05, 3.63) is 59.2 Å². The predicted molar refractivity (Wildman–Crippen MR) is 90.9 cm³/mol.